The normalized spacial score (nSPS) is 14.4. The minimum absolute atomic E-state index is 0.229. The first-order valence-electron chi connectivity index (χ1n) is 10.5. The molecule has 1 amide bonds. The van der Waals surface area contributed by atoms with Crippen LogP contribution in [0.4, 0.5) is 5.69 Å². The van der Waals surface area contributed by atoms with Gasteiger partial charge in [0.15, 0.2) is 16.6 Å². The maximum Gasteiger partial charge on any atom is 0.281 e. The first kappa shape index (κ1) is 22.4. The lowest BCUT2D eigenvalue weighted by Gasteiger charge is -2.14. The molecule has 1 fully saturated rings. The second-order valence-electron chi connectivity index (χ2n) is 7.24. The number of nitrogens with one attached hydrogen (secondary N) is 1. The predicted octanol–water partition coefficient (Wildman–Crippen LogP) is 4.94. The number of nitrogens with zero attached hydrogens (tertiary/aromatic N) is 1. The lowest BCUT2D eigenvalue weighted by Crippen LogP contribution is -2.30. The van der Waals surface area contributed by atoms with Gasteiger partial charge in [0.1, 0.15) is 18.1 Å². The molecule has 0 radical (unpaired) electrons. The molecule has 3 aromatic rings. The van der Waals surface area contributed by atoms with Gasteiger partial charge >= 0.3 is 0 Å². The Kier molecular flexibility index (Phi) is 6.90. The van der Waals surface area contributed by atoms with Crippen LogP contribution < -0.4 is 24.4 Å². The number of carbonyl (C=O) groups excluding carboxylic acids is 1. The molecular formula is C26H24N2O4S. The van der Waals surface area contributed by atoms with E-state index in [1.54, 1.807) is 13.2 Å². The SMILES string of the molecule is CCOc1ccc(N2C(=O)C(=Cc3ccc(OCc4ccccc4)c(OC)c3)NC2=S)cc1. The van der Waals surface area contributed by atoms with Crippen LogP contribution in [0.2, 0.25) is 0 Å². The highest BCUT2D eigenvalue weighted by molar-refractivity contribution is 7.80. The van der Waals surface area contributed by atoms with Gasteiger partial charge in [-0.15, -0.1) is 0 Å². The summed E-state index contributed by atoms with van der Waals surface area (Å²) in [5.41, 5.74) is 2.90. The van der Waals surface area contributed by atoms with E-state index in [4.69, 9.17) is 26.4 Å². The molecule has 4 rings (SSSR count). The van der Waals surface area contributed by atoms with E-state index >= 15 is 0 Å². The number of hydrogen-bond donors (Lipinski definition) is 1. The van der Waals surface area contributed by atoms with Gasteiger partial charge in [-0.25, -0.2) is 0 Å². The van der Waals surface area contributed by atoms with E-state index in [0.717, 1.165) is 16.9 Å². The molecule has 0 bridgehead atoms. The van der Waals surface area contributed by atoms with Crippen molar-refractivity contribution in [1.29, 1.82) is 0 Å². The summed E-state index contributed by atoms with van der Waals surface area (Å²) in [6.45, 7) is 2.93. The number of anilines is 1. The van der Waals surface area contributed by atoms with Gasteiger partial charge in [0.25, 0.3) is 5.91 Å². The molecule has 1 N–H and O–H groups in total. The molecule has 1 heterocycles. The molecule has 0 aromatic heterocycles. The highest BCUT2D eigenvalue weighted by Crippen LogP contribution is 2.31. The monoisotopic (exact) mass is 460 g/mol. The molecule has 3 aromatic carbocycles. The van der Waals surface area contributed by atoms with Crippen molar-refractivity contribution >= 4 is 35.0 Å². The quantitative estimate of drug-likeness (QED) is 0.380. The van der Waals surface area contributed by atoms with Crippen molar-refractivity contribution in [3.05, 3.63) is 89.6 Å². The number of benzene rings is 3. The van der Waals surface area contributed by atoms with Crippen molar-refractivity contribution in [2.24, 2.45) is 0 Å². The van der Waals surface area contributed by atoms with Gasteiger partial charge in [0.05, 0.1) is 19.4 Å². The molecule has 0 spiro atoms. The van der Waals surface area contributed by atoms with Gasteiger partial charge in [-0.05, 0) is 72.7 Å². The van der Waals surface area contributed by atoms with Crippen LogP contribution in [0, 0.1) is 0 Å². The third-order valence-electron chi connectivity index (χ3n) is 5.02. The van der Waals surface area contributed by atoms with Crippen molar-refractivity contribution in [2.45, 2.75) is 13.5 Å². The van der Waals surface area contributed by atoms with Gasteiger partial charge < -0.3 is 19.5 Å². The zero-order chi connectivity index (χ0) is 23.2. The first-order chi connectivity index (χ1) is 16.1. The van der Waals surface area contributed by atoms with Crippen LogP contribution in [0.15, 0.2) is 78.5 Å². The molecule has 0 saturated carbocycles. The summed E-state index contributed by atoms with van der Waals surface area (Å²) in [6.07, 6.45) is 1.74. The van der Waals surface area contributed by atoms with E-state index in [1.807, 2.05) is 79.7 Å². The van der Waals surface area contributed by atoms with Crippen LogP contribution in [0.25, 0.3) is 6.08 Å². The molecule has 168 valence electrons. The lowest BCUT2D eigenvalue weighted by atomic mass is 10.1. The highest BCUT2D eigenvalue weighted by Gasteiger charge is 2.32. The zero-order valence-corrected chi connectivity index (χ0v) is 19.2. The van der Waals surface area contributed by atoms with Crippen LogP contribution >= 0.6 is 12.2 Å². The van der Waals surface area contributed by atoms with Crippen molar-refractivity contribution in [3.8, 4) is 17.2 Å². The average Bonchev–Trinajstić information content (AvgIpc) is 3.12. The molecule has 1 aliphatic rings. The molecule has 0 aliphatic carbocycles. The van der Waals surface area contributed by atoms with E-state index in [0.29, 0.717) is 41.2 Å². The second-order valence-corrected chi connectivity index (χ2v) is 7.63. The Balaban J connectivity index is 1.51. The zero-order valence-electron chi connectivity index (χ0n) is 18.4. The highest BCUT2D eigenvalue weighted by atomic mass is 32.1. The Hall–Kier alpha value is -3.84. The Bertz CT molecular complexity index is 1180. The topological polar surface area (TPSA) is 60.0 Å². The average molecular weight is 461 g/mol. The molecule has 0 atom stereocenters. The fourth-order valence-electron chi connectivity index (χ4n) is 3.42. The van der Waals surface area contributed by atoms with Gasteiger partial charge in [-0.3, -0.25) is 9.69 Å². The number of thiocarbonyl (C=S) groups is 1. The standard InChI is InChI=1S/C26H24N2O4S/c1-3-31-21-12-10-20(11-13-21)28-25(29)22(27-26(28)33)15-19-9-14-23(24(16-19)30-2)32-17-18-7-5-4-6-8-18/h4-16H,3,17H2,1-2H3,(H,27,33). The van der Waals surface area contributed by atoms with E-state index in [9.17, 15) is 4.79 Å². The van der Waals surface area contributed by atoms with Crippen molar-refractivity contribution in [1.82, 2.24) is 5.32 Å². The van der Waals surface area contributed by atoms with Crippen LogP contribution in [0.1, 0.15) is 18.1 Å². The minimum atomic E-state index is -0.229. The number of hydrogen-bond acceptors (Lipinski definition) is 5. The molecule has 6 nitrogen and oxygen atoms in total. The Morgan fingerprint density at radius 1 is 0.970 bits per heavy atom. The number of rotatable bonds is 8. The van der Waals surface area contributed by atoms with Gasteiger partial charge in [0, 0.05) is 0 Å². The Labute approximate surface area is 198 Å². The van der Waals surface area contributed by atoms with Crippen LogP contribution in [-0.2, 0) is 11.4 Å². The molecule has 33 heavy (non-hydrogen) atoms. The largest absolute Gasteiger partial charge is 0.494 e. The maximum atomic E-state index is 13.0. The fraction of sp³-hybridized carbons (Fsp3) is 0.154. The maximum absolute atomic E-state index is 13.0. The van der Waals surface area contributed by atoms with Crippen molar-refractivity contribution < 1.29 is 19.0 Å². The lowest BCUT2D eigenvalue weighted by molar-refractivity contribution is -0.113. The third kappa shape index (κ3) is 5.15. The van der Waals surface area contributed by atoms with E-state index in [-0.39, 0.29) is 5.91 Å². The number of amides is 1. The van der Waals surface area contributed by atoms with Crippen molar-refractivity contribution in [3.63, 3.8) is 0 Å². The molecule has 1 saturated heterocycles. The van der Waals surface area contributed by atoms with Gasteiger partial charge in [0.2, 0.25) is 0 Å². The fourth-order valence-corrected chi connectivity index (χ4v) is 3.72. The Morgan fingerprint density at radius 2 is 1.73 bits per heavy atom. The third-order valence-corrected chi connectivity index (χ3v) is 5.30. The number of ether oxygens (including phenoxy) is 3. The van der Waals surface area contributed by atoms with Gasteiger partial charge in [-0.2, -0.15) is 0 Å². The van der Waals surface area contributed by atoms with Crippen LogP contribution in [0.3, 0.4) is 0 Å². The summed E-state index contributed by atoms with van der Waals surface area (Å²) < 4.78 is 16.9. The van der Waals surface area contributed by atoms with E-state index < -0.39 is 0 Å². The predicted molar refractivity (Wildman–Crippen MR) is 133 cm³/mol. The summed E-state index contributed by atoms with van der Waals surface area (Å²) in [5, 5.41) is 3.33. The van der Waals surface area contributed by atoms with Gasteiger partial charge in [-0.1, -0.05) is 36.4 Å². The second kappa shape index (κ2) is 10.2. The van der Waals surface area contributed by atoms with E-state index in [2.05, 4.69) is 5.32 Å². The number of methoxy groups -OCH3 is 1. The molecular weight excluding hydrogens is 436 g/mol. The summed E-state index contributed by atoms with van der Waals surface area (Å²) >= 11 is 5.40. The van der Waals surface area contributed by atoms with Crippen LogP contribution in [0.5, 0.6) is 17.2 Å². The molecule has 0 unspecified atom stereocenters. The summed E-state index contributed by atoms with van der Waals surface area (Å²) in [5.74, 6) is 1.72. The number of carbonyl (C=O) groups is 1. The van der Waals surface area contributed by atoms with Crippen LogP contribution in [-0.4, -0.2) is 24.7 Å². The molecule has 7 heteroatoms. The smallest absolute Gasteiger partial charge is 0.281 e. The first-order valence-corrected chi connectivity index (χ1v) is 10.9. The summed E-state index contributed by atoms with van der Waals surface area (Å²) in [7, 11) is 1.59. The van der Waals surface area contributed by atoms with Crippen molar-refractivity contribution in [2.75, 3.05) is 18.6 Å². The molecule has 1 aliphatic heterocycles. The van der Waals surface area contributed by atoms with E-state index in [1.165, 1.54) is 4.90 Å². The minimum Gasteiger partial charge on any atom is -0.494 e. The Morgan fingerprint density at radius 3 is 2.42 bits per heavy atom. The summed E-state index contributed by atoms with van der Waals surface area (Å²) in [4.78, 5) is 14.5. The summed E-state index contributed by atoms with van der Waals surface area (Å²) in [6, 6.07) is 22.7.